The zero-order valence-corrected chi connectivity index (χ0v) is 19.7. The number of carbonyl (C=O) groups excluding carboxylic acids is 2. The van der Waals surface area contributed by atoms with Gasteiger partial charge < -0.3 is 14.2 Å². The van der Waals surface area contributed by atoms with Gasteiger partial charge in [0.05, 0.1) is 18.8 Å². The summed E-state index contributed by atoms with van der Waals surface area (Å²) in [4.78, 5) is 25.0. The lowest BCUT2D eigenvalue weighted by Crippen LogP contribution is -2.56. The highest BCUT2D eigenvalue weighted by Crippen LogP contribution is 2.48. The van der Waals surface area contributed by atoms with Crippen LogP contribution >= 0.6 is 0 Å². The Morgan fingerprint density at radius 3 is 2.62 bits per heavy atom. The van der Waals surface area contributed by atoms with Gasteiger partial charge in [-0.1, -0.05) is 50.3 Å². The van der Waals surface area contributed by atoms with Crippen molar-refractivity contribution < 1.29 is 23.8 Å². The third-order valence-corrected chi connectivity index (χ3v) is 7.54. The summed E-state index contributed by atoms with van der Waals surface area (Å²) in [5, 5.41) is 0. The van der Waals surface area contributed by atoms with Crippen molar-refractivity contribution in [3.05, 3.63) is 47.5 Å². The average molecular weight is 441 g/mol. The van der Waals surface area contributed by atoms with Crippen LogP contribution in [0, 0.1) is 17.8 Å². The van der Waals surface area contributed by atoms with Gasteiger partial charge in [-0.05, 0) is 49.2 Å². The fourth-order valence-electron chi connectivity index (χ4n) is 5.88. The number of carbonyl (C=O) groups is 2. The first-order valence-corrected chi connectivity index (χ1v) is 12.0. The van der Waals surface area contributed by atoms with Crippen LogP contribution in [0.15, 0.2) is 42.0 Å². The molecule has 1 saturated carbocycles. The zero-order valence-electron chi connectivity index (χ0n) is 19.7. The van der Waals surface area contributed by atoms with Crippen molar-refractivity contribution in [3.63, 3.8) is 0 Å². The van der Waals surface area contributed by atoms with E-state index in [0.717, 1.165) is 24.0 Å². The number of esters is 1. The largest absolute Gasteiger partial charge is 0.456 e. The molecule has 0 spiro atoms. The summed E-state index contributed by atoms with van der Waals surface area (Å²) < 4.78 is 18.7. The van der Waals surface area contributed by atoms with Gasteiger partial charge in [0, 0.05) is 25.7 Å². The summed E-state index contributed by atoms with van der Waals surface area (Å²) in [6, 6.07) is 10.2. The van der Waals surface area contributed by atoms with Crippen molar-refractivity contribution in [3.8, 4) is 0 Å². The van der Waals surface area contributed by atoms with E-state index in [1.165, 1.54) is 6.92 Å². The molecule has 32 heavy (non-hydrogen) atoms. The molecule has 1 saturated heterocycles. The second-order valence-electron chi connectivity index (χ2n) is 10.2. The third kappa shape index (κ3) is 4.69. The van der Waals surface area contributed by atoms with Crippen LogP contribution in [0.2, 0.25) is 0 Å². The number of rotatable bonds is 5. The predicted molar refractivity (Wildman–Crippen MR) is 122 cm³/mol. The first kappa shape index (κ1) is 23.2. The van der Waals surface area contributed by atoms with Crippen LogP contribution in [-0.2, 0) is 30.4 Å². The maximum Gasteiger partial charge on any atom is 0.303 e. The summed E-state index contributed by atoms with van der Waals surface area (Å²) in [7, 11) is 0. The summed E-state index contributed by atoms with van der Waals surface area (Å²) >= 11 is 0. The fraction of sp³-hybridized carbons (Fsp3) is 0.630. The van der Waals surface area contributed by atoms with Gasteiger partial charge in [-0.2, -0.15) is 0 Å². The molecule has 1 aromatic carbocycles. The van der Waals surface area contributed by atoms with E-state index in [1.807, 2.05) is 25.1 Å². The molecule has 5 heteroatoms. The molecule has 4 rings (SSSR count). The Morgan fingerprint density at radius 1 is 1.19 bits per heavy atom. The highest BCUT2D eigenvalue weighted by atomic mass is 16.6. The molecule has 2 aliphatic heterocycles. The molecule has 3 aliphatic rings. The van der Waals surface area contributed by atoms with Gasteiger partial charge in [-0.25, -0.2) is 0 Å². The lowest BCUT2D eigenvalue weighted by Gasteiger charge is -2.50. The molecule has 0 amide bonds. The standard InChI is InChI=1S/C27H36O5/c1-17(2)20-10-12-23(30-16-19-8-6-5-7-9-19)21-14-15-27(4,32-18(3)28)24-13-11-22(29)26(31-24)25(20)21/h5-9,14,17,20,23-26H,10-13,15-16H2,1-4H3/b21-14-/t20-,23+,24-,25-,26+,27-/m1/s1. The Kier molecular flexibility index (Phi) is 6.87. The lowest BCUT2D eigenvalue weighted by atomic mass is 9.64. The summed E-state index contributed by atoms with van der Waals surface area (Å²) in [6.07, 6.45) is 4.94. The maximum atomic E-state index is 13.1. The van der Waals surface area contributed by atoms with E-state index >= 15 is 0 Å². The molecule has 0 N–H and O–H groups in total. The molecular weight excluding hydrogens is 404 g/mol. The highest BCUT2D eigenvalue weighted by molar-refractivity contribution is 5.84. The molecule has 1 aromatic rings. The van der Waals surface area contributed by atoms with E-state index in [9.17, 15) is 9.59 Å². The number of Topliss-reactive ketones (excluding diaryl/α,β-unsaturated/α-hetero) is 1. The number of ketones is 1. The second kappa shape index (κ2) is 9.48. The minimum atomic E-state index is -0.780. The number of benzene rings is 1. The number of fused-ring (bicyclic) bond motifs is 4. The number of hydrogen-bond acceptors (Lipinski definition) is 5. The van der Waals surface area contributed by atoms with E-state index in [1.54, 1.807) is 0 Å². The monoisotopic (exact) mass is 440 g/mol. The van der Waals surface area contributed by atoms with Gasteiger partial charge in [0.1, 0.15) is 11.7 Å². The smallest absolute Gasteiger partial charge is 0.303 e. The Balaban J connectivity index is 1.69. The maximum absolute atomic E-state index is 13.1. The fourth-order valence-corrected chi connectivity index (χ4v) is 5.88. The molecule has 6 atom stereocenters. The van der Waals surface area contributed by atoms with Crippen LogP contribution in [0.25, 0.3) is 0 Å². The summed E-state index contributed by atoms with van der Waals surface area (Å²) in [5.41, 5.74) is 1.51. The van der Waals surface area contributed by atoms with Crippen molar-refractivity contribution in [1.29, 1.82) is 0 Å². The van der Waals surface area contributed by atoms with E-state index < -0.39 is 11.7 Å². The van der Waals surface area contributed by atoms with Crippen molar-refractivity contribution in [1.82, 2.24) is 0 Å². The Labute approximate surface area is 191 Å². The third-order valence-electron chi connectivity index (χ3n) is 7.54. The summed E-state index contributed by atoms with van der Waals surface area (Å²) in [5.74, 6) is 0.666. The molecule has 2 heterocycles. The van der Waals surface area contributed by atoms with Crippen LogP contribution in [0.3, 0.4) is 0 Å². The van der Waals surface area contributed by atoms with E-state index in [2.05, 4.69) is 32.1 Å². The average Bonchev–Trinajstić information content (AvgIpc) is 2.75. The van der Waals surface area contributed by atoms with E-state index in [0.29, 0.717) is 37.7 Å². The van der Waals surface area contributed by atoms with Crippen molar-refractivity contribution in [2.45, 2.75) is 90.3 Å². The van der Waals surface area contributed by atoms with Gasteiger partial charge in [0.15, 0.2) is 5.78 Å². The van der Waals surface area contributed by atoms with Crippen LogP contribution in [0.5, 0.6) is 0 Å². The van der Waals surface area contributed by atoms with Gasteiger partial charge in [0.2, 0.25) is 0 Å². The highest BCUT2D eigenvalue weighted by Gasteiger charge is 2.51. The van der Waals surface area contributed by atoms with E-state index in [-0.39, 0.29) is 29.9 Å². The molecule has 0 unspecified atom stereocenters. The van der Waals surface area contributed by atoms with Crippen LogP contribution in [0.4, 0.5) is 0 Å². The molecule has 0 radical (unpaired) electrons. The molecule has 0 aromatic heterocycles. The van der Waals surface area contributed by atoms with Gasteiger partial charge in [-0.3, -0.25) is 9.59 Å². The molecule has 5 nitrogen and oxygen atoms in total. The van der Waals surface area contributed by atoms with Gasteiger partial charge in [-0.15, -0.1) is 0 Å². The second-order valence-corrected chi connectivity index (χ2v) is 10.2. The molecule has 2 fully saturated rings. The van der Waals surface area contributed by atoms with Crippen LogP contribution < -0.4 is 0 Å². The predicted octanol–water partition coefficient (Wildman–Crippen LogP) is 5.02. The van der Waals surface area contributed by atoms with Gasteiger partial charge in [0.25, 0.3) is 0 Å². The topological polar surface area (TPSA) is 61.8 Å². The minimum Gasteiger partial charge on any atom is -0.456 e. The zero-order chi connectivity index (χ0) is 22.9. The Hall–Kier alpha value is -1.98. The van der Waals surface area contributed by atoms with Crippen molar-refractivity contribution in [2.24, 2.45) is 17.8 Å². The summed E-state index contributed by atoms with van der Waals surface area (Å²) in [6.45, 7) is 8.38. The van der Waals surface area contributed by atoms with Crippen molar-refractivity contribution in [2.75, 3.05) is 0 Å². The van der Waals surface area contributed by atoms with Crippen molar-refractivity contribution >= 4 is 11.8 Å². The number of ether oxygens (including phenoxy) is 3. The van der Waals surface area contributed by atoms with E-state index in [4.69, 9.17) is 14.2 Å². The Morgan fingerprint density at radius 2 is 1.94 bits per heavy atom. The lowest BCUT2D eigenvalue weighted by molar-refractivity contribution is -0.198. The first-order chi connectivity index (χ1) is 15.3. The SMILES string of the molecule is CC(=O)O[C@]1(C)C/C=C2\[C@@H]([C@@H](C(C)C)CC[C@@H]2OCc2ccccc2)[C@H]2O[C@@H]1CCC2=O. The first-order valence-electron chi connectivity index (χ1n) is 12.0. The quantitative estimate of drug-likeness (QED) is 0.475. The molecular formula is C27H36O5. The number of hydrogen-bond donors (Lipinski definition) is 0. The molecule has 2 bridgehead atoms. The van der Waals surface area contributed by atoms with Gasteiger partial charge >= 0.3 is 5.97 Å². The van der Waals surface area contributed by atoms with Crippen LogP contribution in [0.1, 0.15) is 65.4 Å². The minimum absolute atomic E-state index is 0.0155. The normalized spacial score (nSPS) is 36.5. The Bertz CT molecular complexity index is 860. The molecule has 174 valence electrons. The van der Waals surface area contributed by atoms with Crippen LogP contribution in [-0.4, -0.2) is 35.7 Å². The molecule has 1 aliphatic carbocycles.